The molecule has 0 saturated carbocycles. The Balaban J connectivity index is 1.87. The van der Waals surface area contributed by atoms with Crippen LogP contribution in [0.4, 0.5) is 0 Å². The van der Waals surface area contributed by atoms with E-state index in [0.29, 0.717) is 5.88 Å². The highest BCUT2D eigenvalue weighted by Crippen LogP contribution is 2.31. The second kappa shape index (κ2) is 6.19. The minimum atomic E-state index is 0.444. The quantitative estimate of drug-likeness (QED) is 0.629. The molecule has 0 spiro atoms. The van der Waals surface area contributed by atoms with Gasteiger partial charge >= 0.3 is 0 Å². The highest BCUT2D eigenvalue weighted by molar-refractivity contribution is 9.10. The van der Waals surface area contributed by atoms with Crippen LogP contribution in [0.2, 0.25) is 0 Å². The first kappa shape index (κ1) is 14.0. The average Bonchev–Trinajstić information content (AvgIpc) is 2.49. The summed E-state index contributed by atoms with van der Waals surface area (Å²) in [7, 11) is 0. The van der Waals surface area contributed by atoms with Crippen molar-refractivity contribution in [1.29, 1.82) is 0 Å². The van der Waals surface area contributed by atoms with Gasteiger partial charge in [0.25, 0.3) is 0 Å². The molecular weight excluding hydrogens is 336 g/mol. The van der Waals surface area contributed by atoms with Gasteiger partial charge in [0, 0.05) is 10.0 Å². The number of aryl methyl sites for hydroxylation is 2. The molecule has 1 aliphatic carbocycles. The predicted octanol–water partition coefficient (Wildman–Crippen LogP) is 5.86. The zero-order valence-corrected chi connectivity index (χ0v) is 13.5. The summed E-state index contributed by atoms with van der Waals surface area (Å²) in [5, 5.41) is 0. The molecule has 0 heterocycles. The van der Waals surface area contributed by atoms with Crippen molar-refractivity contribution in [2.45, 2.75) is 31.6 Å². The fourth-order valence-corrected chi connectivity index (χ4v) is 3.27. The van der Waals surface area contributed by atoms with Gasteiger partial charge in [-0.2, -0.15) is 0 Å². The van der Waals surface area contributed by atoms with Crippen molar-refractivity contribution in [3.63, 3.8) is 0 Å². The number of alkyl halides is 1. The highest BCUT2D eigenvalue weighted by atomic mass is 79.9. The summed E-state index contributed by atoms with van der Waals surface area (Å²) in [4.78, 5) is 0. The molecule has 2 aromatic carbocycles. The van der Waals surface area contributed by atoms with Gasteiger partial charge < -0.3 is 4.74 Å². The number of rotatable bonds is 3. The molecule has 0 fully saturated rings. The van der Waals surface area contributed by atoms with Crippen molar-refractivity contribution in [2.24, 2.45) is 0 Å². The number of fused-ring (bicyclic) bond motifs is 1. The van der Waals surface area contributed by atoms with Crippen LogP contribution in [0.5, 0.6) is 11.5 Å². The fraction of sp³-hybridized carbons (Fsp3) is 0.294. The molecule has 0 unspecified atom stereocenters. The van der Waals surface area contributed by atoms with Crippen molar-refractivity contribution < 1.29 is 4.74 Å². The van der Waals surface area contributed by atoms with Crippen LogP contribution in [0.25, 0.3) is 0 Å². The van der Waals surface area contributed by atoms with Gasteiger partial charge in [0.05, 0.1) is 5.88 Å². The first-order valence-electron chi connectivity index (χ1n) is 6.90. The van der Waals surface area contributed by atoms with Gasteiger partial charge in [0.2, 0.25) is 0 Å². The maximum atomic E-state index is 6.02. The minimum Gasteiger partial charge on any atom is -0.457 e. The van der Waals surface area contributed by atoms with Crippen LogP contribution >= 0.6 is 27.5 Å². The molecule has 1 aliphatic rings. The van der Waals surface area contributed by atoms with Crippen LogP contribution in [0.1, 0.15) is 29.5 Å². The summed E-state index contributed by atoms with van der Waals surface area (Å²) < 4.78 is 7.04. The molecule has 0 amide bonds. The van der Waals surface area contributed by atoms with Gasteiger partial charge in [-0.15, -0.1) is 11.6 Å². The summed E-state index contributed by atoms with van der Waals surface area (Å²) >= 11 is 9.44. The lowest BCUT2D eigenvalue weighted by Crippen LogP contribution is -2.02. The smallest absolute Gasteiger partial charge is 0.131 e. The first-order valence-corrected chi connectivity index (χ1v) is 8.23. The Kier molecular flexibility index (Phi) is 4.32. The van der Waals surface area contributed by atoms with Crippen molar-refractivity contribution in [1.82, 2.24) is 0 Å². The highest BCUT2D eigenvalue weighted by Gasteiger charge is 2.11. The summed E-state index contributed by atoms with van der Waals surface area (Å²) in [5.41, 5.74) is 3.90. The third-order valence-corrected chi connectivity index (χ3v) is 4.50. The van der Waals surface area contributed by atoms with E-state index >= 15 is 0 Å². The number of hydrogen-bond acceptors (Lipinski definition) is 1. The molecule has 0 saturated heterocycles. The maximum Gasteiger partial charge on any atom is 0.131 e. The molecule has 3 heteroatoms. The van der Waals surface area contributed by atoms with Gasteiger partial charge in [-0.1, -0.05) is 22.0 Å². The summed E-state index contributed by atoms with van der Waals surface area (Å²) in [6.45, 7) is 0. The Labute approximate surface area is 133 Å². The van der Waals surface area contributed by atoms with Crippen molar-refractivity contribution in [3.05, 3.63) is 57.6 Å². The Hall–Kier alpha value is -0.990. The van der Waals surface area contributed by atoms with Crippen LogP contribution in [0.3, 0.4) is 0 Å². The lowest BCUT2D eigenvalue weighted by molar-refractivity contribution is 0.476. The Morgan fingerprint density at radius 2 is 1.80 bits per heavy atom. The third-order valence-electron chi connectivity index (χ3n) is 3.71. The lowest BCUT2D eigenvalue weighted by Gasteiger charge is -2.17. The van der Waals surface area contributed by atoms with Crippen LogP contribution in [0.15, 0.2) is 40.9 Å². The summed E-state index contributed by atoms with van der Waals surface area (Å²) in [6.07, 6.45) is 4.94. The van der Waals surface area contributed by atoms with Gasteiger partial charge in [0.15, 0.2) is 0 Å². The van der Waals surface area contributed by atoms with E-state index in [4.69, 9.17) is 16.3 Å². The second-order valence-corrected chi connectivity index (χ2v) is 6.31. The van der Waals surface area contributed by atoms with E-state index in [-0.39, 0.29) is 0 Å². The topological polar surface area (TPSA) is 9.23 Å². The zero-order valence-electron chi connectivity index (χ0n) is 11.2. The van der Waals surface area contributed by atoms with Crippen molar-refractivity contribution in [2.75, 3.05) is 0 Å². The number of ether oxygens (including phenoxy) is 1. The van der Waals surface area contributed by atoms with Crippen molar-refractivity contribution in [3.8, 4) is 11.5 Å². The van der Waals surface area contributed by atoms with Crippen LogP contribution in [-0.2, 0) is 18.7 Å². The van der Waals surface area contributed by atoms with E-state index in [1.807, 2.05) is 18.2 Å². The monoisotopic (exact) mass is 350 g/mol. The molecule has 20 heavy (non-hydrogen) atoms. The van der Waals surface area contributed by atoms with Gasteiger partial charge in [-0.05, 0) is 67.1 Å². The number of benzene rings is 2. The van der Waals surface area contributed by atoms with Crippen LogP contribution < -0.4 is 4.74 Å². The number of halogens is 2. The molecule has 104 valence electrons. The van der Waals surface area contributed by atoms with Crippen LogP contribution in [-0.4, -0.2) is 0 Å². The van der Waals surface area contributed by atoms with Gasteiger partial charge in [-0.3, -0.25) is 0 Å². The molecule has 0 N–H and O–H groups in total. The summed E-state index contributed by atoms with van der Waals surface area (Å²) in [6, 6.07) is 12.4. The van der Waals surface area contributed by atoms with E-state index < -0.39 is 0 Å². The van der Waals surface area contributed by atoms with Gasteiger partial charge in [-0.25, -0.2) is 0 Å². The Morgan fingerprint density at radius 1 is 1.00 bits per heavy atom. The fourth-order valence-electron chi connectivity index (χ4n) is 2.65. The molecule has 2 aromatic rings. The molecule has 0 bridgehead atoms. The van der Waals surface area contributed by atoms with E-state index in [1.54, 1.807) is 0 Å². The van der Waals surface area contributed by atoms with Crippen LogP contribution in [0, 0.1) is 0 Å². The predicted molar refractivity (Wildman–Crippen MR) is 86.9 cm³/mol. The van der Waals surface area contributed by atoms with Gasteiger partial charge in [0.1, 0.15) is 11.5 Å². The minimum absolute atomic E-state index is 0.444. The molecule has 0 aliphatic heterocycles. The Morgan fingerprint density at radius 3 is 2.60 bits per heavy atom. The van der Waals surface area contributed by atoms with E-state index in [0.717, 1.165) is 28.0 Å². The molecular formula is C17H16BrClO. The molecule has 3 rings (SSSR count). The second-order valence-electron chi connectivity index (χ2n) is 5.13. The Bertz CT molecular complexity index is 624. The largest absolute Gasteiger partial charge is 0.457 e. The van der Waals surface area contributed by atoms with E-state index in [1.165, 1.54) is 30.4 Å². The van der Waals surface area contributed by atoms with E-state index in [9.17, 15) is 0 Å². The average molecular weight is 352 g/mol. The third kappa shape index (κ3) is 3.02. The standard InChI is InChI=1S/C17H16BrClO/c18-15-6-8-17(14(9-15)11-19)20-16-7-5-12-3-1-2-4-13(12)10-16/h5-10H,1-4,11H2. The number of hydrogen-bond donors (Lipinski definition) is 0. The molecule has 0 aromatic heterocycles. The molecule has 0 radical (unpaired) electrons. The molecule has 1 nitrogen and oxygen atoms in total. The summed E-state index contributed by atoms with van der Waals surface area (Å²) in [5.74, 6) is 2.18. The van der Waals surface area contributed by atoms with Crippen molar-refractivity contribution >= 4 is 27.5 Å². The zero-order chi connectivity index (χ0) is 13.9. The maximum absolute atomic E-state index is 6.02. The van der Waals surface area contributed by atoms with E-state index in [2.05, 4.69) is 34.1 Å². The molecule has 0 atom stereocenters. The first-order chi connectivity index (χ1) is 9.76. The lowest BCUT2D eigenvalue weighted by atomic mass is 9.92. The normalized spacial score (nSPS) is 13.9. The SMILES string of the molecule is ClCc1cc(Br)ccc1Oc1ccc2c(c1)CCCC2.